The maximum absolute atomic E-state index is 11.2. The van der Waals surface area contributed by atoms with Gasteiger partial charge in [-0.05, 0) is 13.0 Å². The maximum Gasteiger partial charge on any atom is 0.232 e. The van der Waals surface area contributed by atoms with Gasteiger partial charge in [0.25, 0.3) is 0 Å². The normalized spacial score (nSPS) is 11.5. The molecule has 1 aromatic rings. The van der Waals surface area contributed by atoms with E-state index < -0.39 is 10.0 Å². The lowest BCUT2D eigenvalue weighted by Crippen LogP contribution is -2.18. The zero-order valence-corrected chi connectivity index (χ0v) is 7.75. The molecular formula is C6H11N3O3S. The molecule has 0 aliphatic heterocycles. The SMILES string of the molecule is NCCCS(=O)(=O)Nc1cnoc1. The zero-order valence-electron chi connectivity index (χ0n) is 6.93. The van der Waals surface area contributed by atoms with Gasteiger partial charge in [0.2, 0.25) is 10.0 Å². The van der Waals surface area contributed by atoms with Crippen LogP contribution in [0.3, 0.4) is 0 Å². The lowest BCUT2D eigenvalue weighted by molar-refractivity contribution is 0.420. The van der Waals surface area contributed by atoms with Crippen molar-refractivity contribution in [2.75, 3.05) is 17.0 Å². The molecule has 1 rings (SSSR count). The van der Waals surface area contributed by atoms with Gasteiger partial charge in [0.15, 0.2) is 0 Å². The van der Waals surface area contributed by atoms with Gasteiger partial charge >= 0.3 is 0 Å². The highest BCUT2D eigenvalue weighted by atomic mass is 32.2. The number of nitrogens with two attached hydrogens (primary N) is 1. The molecule has 13 heavy (non-hydrogen) atoms. The average Bonchev–Trinajstić information content (AvgIpc) is 2.52. The molecule has 0 saturated carbocycles. The minimum atomic E-state index is -3.30. The van der Waals surface area contributed by atoms with Crippen LogP contribution in [0.25, 0.3) is 0 Å². The fourth-order valence-electron chi connectivity index (χ4n) is 0.759. The second kappa shape index (κ2) is 4.24. The lowest BCUT2D eigenvalue weighted by Gasteiger charge is -2.02. The van der Waals surface area contributed by atoms with E-state index in [0.29, 0.717) is 18.7 Å². The van der Waals surface area contributed by atoms with E-state index in [4.69, 9.17) is 5.73 Å². The van der Waals surface area contributed by atoms with E-state index in [1.807, 2.05) is 0 Å². The van der Waals surface area contributed by atoms with Crippen molar-refractivity contribution in [3.05, 3.63) is 12.5 Å². The second-order valence-electron chi connectivity index (χ2n) is 2.48. The molecule has 0 unspecified atom stereocenters. The Morgan fingerprint density at radius 2 is 2.38 bits per heavy atom. The number of sulfonamides is 1. The summed E-state index contributed by atoms with van der Waals surface area (Å²) in [5, 5.41) is 3.36. The smallest absolute Gasteiger partial charge is 0.232 e. The number of rotatable bonds is 5. The first-order chi connectivity index (χ1) is 6.14. The van der Waals surface area contributed by atoms with Crippen LogP contribution >= 0.6 is 0 Å². The average molecular weight is 205 g/mol. The standard InChI is InChI=1S/C6H11N3O3S/c7-2-1-3-13(10,11)9-6-4-8-12-5-6/h4-5,9H,1-3,7H2. The van der Waals surface area contributed by atoms with Gasteiger partial charge in [-0.2, -0.15) is 0 Å². The van der Waals surface area contributed by atoms with Gasteiger partial charge in [-0.1, -0.05) is 5.16 Å². The first kappa shape index (κ1) is 10.0. The molecule has 0 aromatic carbocycles. The summed E-state index contributed by atoms with van der Waals surface area (Å²) >= 11 is 0. The van der Waals surface area contributed by atoms with E-state index in [-0.39, 0.29) is 5.75 Å². The predicted molar refractivity (Wildman–Crippen MR) is 47.6 cm³/mol. The Balaban J connectivity index is 2.53. The third kappa shape index (κ3) is 3.43. The molecule has 0 aliphatic rings. The fourth-order valence-corrected chi connectivity index (χ4v) is 1.87. The van der Waals surface area contributed by atoms with Gasteiger partial charge < -0.3 is 10.3 Å². The van der Waals surface area contributed by atoms with Crippen molar-refractivity contribution in [2.45, 2.75) is 6.42 Å². The number of nitrogens with zero attached hydrogens (tertiary/aromatic N) is 1. The first-order valence-corrected chi connectivity index (χ1v) is 5.39. The van der Waals surface area contributed by atoms with Crippen molar-refractivity contribution in [3.63, 3.8) is 0 Å². The summed E-state index contributed by atoms with van der Waals surface area (Å²) in [6.45, 7) is 0.352. The Labute approximate surface area is 76.1 Å². The Kier molecular flexibility index (Phi) is 3.26. The van der Waals surface area contributed by atoms with Crippen LogP contribution in [0.15, 0.2) is 17.0 Å². The van der Waals surface area contributed by atoms with E-state index in [0.717, 1.165) is 0 Å². The number of nitrogens with one attached hydrogen (secondary N) is 1. The third-order valence-corrected chi connectivity index (χ3v) is 2.70. The van der Waals surface area contributed by atoms with Crippen LogP contribution in [0, 0.1) is 0 Å². The van der Waals surface area contributed by atoms with Crippen molar-refractivity contribution in [1.82, 2.24) is 5.16 Å². The summed E-state index contributed by atoms with van der Waals surface area (Å²) in [6, 6.07) is 0. The van der Waals surface area contributed by atoms with Crippen LogP contribution in [0.1, 0.15) is 6.42 Å². The van der Waals surface area contributed by atoms with Crippen LogP contribution in [-0.4, -0.2) is 25.9 Å². The van der Waals surface area contributed by atoms with Crippen molar-refractivity contribution < 1.29 is 12.9 Å². The summed E-state index contributed by atoms with van der Waals surface area (Å²) in [6.07, 6.45) is 2.95. The maximum atomic E-state index is 11.2. The minimum absolute atomic E-state index is 0.00861. The zero-order chi connectivity index (χ0) is 9.73. The van der Waals surface area contributed by atoms with Crippen LogP contribution in [-0.2, 0) is 10.0 Å². The molecule has 0 spiro atoms. The molecule has 0 radical (unpaired) electrons. The van der Waals surface area contributed by atoms with Crippen molar-refractivity contribution >= 4 is 15.7 Å². The van der Waals surface area contributed by atoms with E-state index >= 15 is 0 Å². The largest absolute Gasteiger partial charge is 0.362 e. The molecule has 74 valence electrons. The number of aromatic nitrogens is 1. The molecule has 6 nitrogen and oxygen atoms in total. The molecule has 0 aliphatic carbocycles. The summed E-state index contributed by atoms with van der Waals surface area (Å²) in [7, 11) is -3.30. The van der Waals surface area contributed by atoms with E-state index in [1.54, 1.807) is 0 Å². The predicted octanol–water partition coefficient (Wildman–Crippen LogP) is -0.235. The van der Waals surface area contributed by atoms with Crippen LogP contribution < -0.4 is 10.5 Å². The monoisotopic (exact) mass is 205 g/mol. The van der Waals surface area contributed by atoms with Gasteiger partial charge in [0.1, 0.15) is 12.0 Å². The topological polar surface area (TPSA) is 98.2 Å². The highest BCUT2D eigenvalue weighted by molar-refractivity contribution is 7.92. The van der Waals surface area contributed by atoms with E-state index in [9.17, 15) is 8.42 Å². The van der Waals surface area contributed by atoms with E-state index in [2.05, 4.69) is 14.4 Å². The van der Waals surface area contributed by atoms with Crippen LogP contribution in [0.2, 0.25) is 0 Å². The summed E-state index contributed by atoms with van der Waals surface area (Å²) in [4.78, 5) is 0. The molecule has 1 heterocycles. The second-order valence-corrected chi connectivity index (χ2v) is 4.32. The summed E-state index contributed by atoms with van der Waals surface area (Å²) in [5.74, 6) is 0.00861. The van der Waals surface area contributed by atoms with Gasteiger partial charge in [-0.3, -0.25) is 4.72 Å². The van der Waals surface area contributed by atoms with Crippen LogP contribution in [0.4, 0.5) is 5.69 Å². The van der Waals surface area contributed by atoms with Crippen molar-refractivity contribution in [2.24, 2.45) is 5.73 Å². The fraction of sp³-hybridized carbons (Fsp3) is 0.500. The quantitative estimate of drug-likeness (QED) is 0.691. The molecule has 3 N–H and O–H groups in total. The van der Waals surface area contributed by atoms with Gasteiger partial charge in [0, 0.05) is 0 Å². The molecule has 1 aromatic heterocycles. The minimum Gasteiger partial charge on any atom is -0.362 e. The number of anilines is 1. The summed E-state index contributed by atoms with van der Waals surface area (Å²) in [5.41, 5.74) is 5.52. The van der Waals surface area contributed by atoms with E-state index in [1.165, 1.54) is 12.5 Å². The molecule has 7 heteroatoms. The number of hydrogen-bond donors (Lipinski definition) is 2. The van der Waals surface area contributed by atoms with Gasteiger partial charge in [-0.15, -0.1) is 0 Å². The molecule has 0 amide bonds. The Hall–Kier alpha value is -1.08. The van der Waals surface area contributed by atoms with Crippen LogP contribution in [0.5, 0.6) is 0 Å². The molecular weight excluding hydrogens is 194 g/mol. The first-order valence-electron chi connectivity index (χ1n) is 3.74. The highest BCUT2D eigenvalue weighted by Gasteiger charge is 2.09. The Bertz CT molecular complexity index is 332. The molecule has 0 atom stereocenters. The molecule has 0 fully saturated rings. The molecule has 0 saturated heterocycles. The Morgan fingerprint density at radius 3 is 2.92 bits per heavy atom. The van der Waals surface area contributed by atoms with Crippen molar-refractivity contribution in [1.29, 1.82) is 0 Å². The Morgan fingerprint density at radius 1 is 1.62 bits per heavy atom. The lowest BCUT2D eigenvalue weighted by atomic mass is 10.5. The van der Waals surface area contributed by atoms with Gasteiger partial charge in [0.05, 0.1) is 11.9 Å². The number of hydrogen-bond acceptors (Lipinski definition) is 5. The van der Waals surface area contributed by atoms with Crippen molar-refractivity contribution in [3.8, 4) is 0 Å². The third-order valence-electron chi connectivity index (χ3n) is 1.32. The molecule has 0 bridgehead atoms. The summed E-state index contributed by atoms with van der Waals surface area (Å²) < 4.78 is 29.2. The highest BCUT2D eigenvalue weighted by Crippen LogP contribution is 2.06. The van der Waals surface area contributed by atoms with Gasteiger partial charge in [-0.25, -0.2) is 8.42 Å².